The maximum Gasteiger partial charge on any atom is 0.217 e. The molecular formula is C14H17NO. The van der Waals surface area contributed by atoms with Crippen molar-refractivity contribution < 1.29 is 4.79 Å². The number of rotatable bonds is 2. The largest absolute Gasteiger partial charge is 0.353 e. The summed E-state index contributed by atoms with van der Waals surface area (Å²) in [6.45, 7) is 2.19. The topological polar surface area (TPSA) is 29.1 Å². The Kier molecular flexibility index (Phi) is 3.40. The average Bonchev–Trinajstić information content (AvgIpc) is 2.29. The van der Waals surface area contributed by atoms with E-state index in [-0.39, 0.29) is 5.91 Å². The number of benzene rings is 1. The van der Waals surface area contributed by atoms with Crippen molar-refractivity contribution in [2.24, 2.45) is 0 Å². The Bertz CT molecular complexity index is 420. The molecule has 2 nitrogen and oxygen atoms in total. The summed E-state index contributed by atoms with van der Waals surface area (Å²) in [6.07, 6.45) is 5.65. The van der Waals surface area contributed by atoms with Crippen molar-refractivity contribution in [3.63, 3.8) is 0 Å². The van der Waals surface area contributed by atoms with Crippen molar-refractivity contribution in [1.29, 1.82) is 0 Å². The first kappa shape index (κ1) is 10.9. The number of amides is 1. The Morgan fingerprint density at radius 2 is 2.19 bits per heavy atom. The van der Waals surface area contributed by atoms with Gasteiger partial charge in [0, 0.05) is 13.5 Å². The summed E-state index contributed by atoms with van der Waals surface area (Å²) in [6, 6.07) is 8.54. The first-order valence-corrected chi connectivity index (χ1v) is 5.79. The summed E-state index contributed by atoms with van der Waals surface area (Å²) in [5.41, 5.74) is 4.16. The second-order valence-corrected chi connectivity index (χ2v) is 4.18. The van der Waals surface area contributed by atoms with E-state index in [9.17, 15) is 4.79 Å². The SMILES string of the molecule is CC(=O)NC/C=C1\CCCc2ccccc21. The number of aryl methyl sites for hydroxylation is 1. The third-order valence-electron chi connectivity index (χ3n) is 2.96. The summed E-state index contributed by atoms with van der Waals surface area (Å²) in [7, 11) is 0. The second kappa shape index (κ2) is 4.97. The zero-order chi connectivity index (χ0) is 11.4. The third kappa shape index (κ3) is 2.51. The lowest BCUT2D eigenvalue weighted by Gasteiger charge is -2.18. The molecule has 0 saturated carbocycles. The molecule has 2 rings (SSSR count). The number of fused-ring (bicyclic) bond motifs is 1. The fourth-order valence-electron chi connectivity index (χ4n) is 2.19. The fourth-order valence-corrected chi connectivity index (χ4v) is 2.19. The highest BCUT2D eigenvalue weighted by atomic mass is 16.1. The van der Waals surface area contributed by atoms with Crippen molar-refractivity contribution in [1.82, 2.24) is 5.32 Å². The lowest BCUT2D eigenvalue weighted by molar-refractivity contribution is -0.118. The molecule has 0 atom stereocenters. The fraction of sp³-hybridized carbons (Fsp3) is 0.357. The minimum atomic E-state index is 0.0287. The summed E-state index contributed by atoms with van der Waals surface area (Å²) in [4.78, 5) is 10.8. The van der Waals surface area contributed by atoms with Crippen LogP contribution in [0.15, 0.2) is 30.3 Å². The summed E-state index contributed by atoms with van der Waals surface area (Å²) in [5.74, 6) is 0.0287. The Hall–Kier alpha value is -1.57. The van der Waals surface area contributed by atoms with Gasteiger partial charge >= 0.3 is 0 Å². The maximum atomic E-state index is 10.8. The van der Waals surface area contributed by atoms with E-state index < -0.39 is 0 Å². The molecule has 0 fully saturated rings. The van der Waals surface area contributed by atoms with Crippen molar-refractivity contribution in [3.8, 4) is 0 Å². The van der Waals surface area contributed by atoms with Crippen LogP contribution < -0.4 is 5.32 Å². The van der Waals surface area contributed by atoms with Gasteiger partial charge in [-0.25, -0.2) is 0 Å². The van der Waals surface area contributed by atoms with Crippen LogP contribution in [0.2, 0.25) is 0 Å². The van der Waals surface area contributed by atoms with E-state index >= 15 is 0 Å². The van der Waals surface area contributed by atoms with Crippen LogP contribution in [0, 0.1) is 0 Å². The van der Waals surface area contributed by atoms with Crippen LogP contribution in [0.3, 0.4) is 0 Å². The normalized spacial score (nSPS) is 16.9. The smallest absolute Gasteiger partial charge is 0.217 e. The zero-order valence-corrected chi connectivity index (χ0v) is 9.62. The molecule has 1 aromatic carbocycles. The lowest BCUT2D eigenvalue weighted by Crippen LogP contribution is -2.19. The van der Waals surface area contributed by atoms with E-state index in [1.54, 1.807) is 6.92 Å². The van der Waals surface area contributed by atoms with Crippen molar-refractivity contribution >= 4 is 11.5 Å². The molecule has 0 bridgehead atoms. The van der Waals surface area contributed by atoms with Crippen LogP contribution in [0.1, 0.15) is 30.9 Å². The summed E-state index contributed by atoms with van der Waals surface area (Å²) >= 11 is 0. The van der Waals surface area contributed by atoms with Gasteiger partial charge < -0.3 is 5.32 Å². The van der Waals surface area contributed by atoms with Crippen LogP contribution >= 0.6 is 0 Å². The molecule has 84 valence electrons. The van der Waals surface area contributed by atoms with Crippen LogP contribution in [0.4, 0.5) is 0 Å². The van der Waals surface area contributed by atoms with Crippen LogP contribution in [-0.2, 0) is 11.2 Å². The minimum Gasteiger partial charge on any atom is -0.353 e. The Morgan fingerprint density at radius 1 is 1.38 bits per heavy atom. The predicted molar refractivity (Wildman–Crippen MR) is 66.0 cm³/mol. The average molecular weight is 215 g/mol. The van der Waals surface area contributed by atoms with Gasteiger partial charge in [0.2, 0.25) is 5.91 Å². The maximum absolute atomic E-state index is 10.8. The van der Waals surface area contributed by atoms with Crippen molar-refractivity contribution in [2.45, 2.75) is 26.2 Å². The highest BCUT2D eigenvalue weighted by Gasteiger charge is 2.12. The molecule has 0 radical (unpaired) electrons. The monoisotopic (exact) mass is 215 g/mol. The van der Waals surface area contributed by atoms with Gasteiger partial charge in [-0.15, -0.1) is 0 Å². The van der Waals surface area contributed by atoms with Crippen molar-refractivity contribution in [3.05, 3.63) is 41.5 Å². The minimum absolute atomic E-state index is 0.0287. The molecule has 0 saturated heterocycles. The summed E-state index contributed by atoms with van der Waals surface area (Å²) in [5, 5.41) is 2.81. The molecule has 1 aromatic rings. The third-order valence-corrected chi connectivity index (χ3v) is 2.96. The molecule has 1 aliphatic carbocycles. The van der Waals surface area contributed by atoms with Gasteiger partial charge in [-0.05, 0) is 36.0 Å². The highest BCUT2D eigenvalue weighted by molar-refractivity contribution is 5.74. The molecule has 1 N–H and O–H groups in total. The number of hydrogen-bond acceptors (Lipinski definition) is 1. The van der Waals surface area contributed by atoms with E-state index in [1.807, 2.05) is 0 Å². The number of nitrogens with one attached hydrogen (secondary N) is 1. The molecule has 16 heavy (non-hydrogen) atoms. The van der Waals surface area contributed by atoms with Gasteiger partial charge in [-0.2, -0.15) is 0 Å². The number of carbonyl (C=O) groups is 1. The van der Waals surface area contributed by atoms with E-state index in [0.717, 1.165) is 6.42 Å². The standard InChI is InChI=1S/C14H17NO/c1-11(16)15-10-9-13-7-4-6-12-5-2-3-8-14(12)13/h2-3,5,8-9H,4,6-7,10H2,1H3,(H,15,16)/b13-9+. The first-order chi connectivity index (χ1) is 7.77. The highest BCUT2D eigenvalue weighted by Crippen LogP contribution is 2.29. The number of hydrogen-bond donors (Lipinski definition) is 1. The van der Waals surface area contributed by atoms with Crippen molar-refractivity contribution in [2.75, 3.05) is 6.54 Å². The van der Waals surface area contributed by atoms with Gasteiger partial charge in [0.05, 0.1) is 0 Å². The van der Waals surface area contributed by atoms with Gasteiger partial charge in [0.15, 0.2) is 0 Å². The Morgan fingerprint density at radius 3 is 3.00 bits per heavy atom. The van der Waals surface area contributed by atoms with Crippen LogP contribution in [-0.4, -0.2) is 12.5 Å². The van der Waals surface area contributed by atoms with Crippen LogP contribution in [0.5, 0.6) is 0 Å². The lowest BCUT2D eigenvalue weighted by atomic mass is 9.87. The molecule has 0 aromatic heterocycles. The van der Waals surface area contributed by atoms with E-state index in [0.29, 0.717) is 6.54 Å². The van der Waals surface area contributed by atoms with Gasteiger partial charge in [-0.1, -0.05) is 30.3 Å². The van der Waals surface area contributed by atoms with Crippen LogP contribution in [0.25, 0.3) is 5.57 Å². The molecule has 0 aliphatic heterocycles. The Labute approximate surface area is 96.4 Å². The molecule has 0 spiro atoms. The summed E-state index contributed by atoms with van der Waals surface area (Å²) < 4.78 is 0. The molecule has 1 aliphatic rings. The van der Waals surface area contributed by atoms with Gasteiger partial charge in [0.25, 0.3) is 0 Å². The molecule has 0 heterocycles. The first-order valence-electron chi connectivity index (χ1n) is 5.79. The number of allylic oxidation sites excluding steroid dienone is 1. The molecular weight excluding hydrogens is 198 g/mol. The zero-order valence-electron chi connectivity index (χ0n) is 9.62. The second-order valence-electron chi connectivity index (χ2n) is 4.18. The molecule has 1 amide bonds. The molecule has 2 heteroatoms. The predicted octanol–water partition coefficient (Wildman–Crippen LogP) is 2.54. The van der Waals surface area contributed by atoms with E-state index in [2.05, 4.69) is 35.7 Å². The quantitative estimate of drug-likeness (QED) is 0.807. The number of carbonyl (C=O) groups excluding carboxylic acids is 1. The van der Waals surface area contributed by atoms with E-state index in [4.69, 9.17) is 0 Å². The van der Waals surface area contributed by atoms with Gasteiger partial charge in [0.1, 0.15) is 0 Å². The Balaban J connectivity index is 2.15. The van der Waals surface area contributed by atoms with E-state index in [1.165, 1.54) is 29.5 Å². The molecule has 0 unspecified atom stereocenters. The van der Waals surface area contributed by atoms with Gasteiger partial charge in [-0.3, -0.25) is 4.79 Å².